The lowest BCUT2D eigenvalue weighted by atomic mass is 10.1. The van der Waals surface area contributed by atoms with E-state index in [1.165, 1.54) is 37.7 Å². The Balaban J connectivity index is 1.89. The zero-order chi connectivity index (χ0) is 19.6. The van der Waals surface area contributed by atoms with Crippen LogP contribution in [0.15, 0.2) is 30.3 Å². The van der Waals surface area contributed by atoms with Crippen molar-refractivity contribution < 1.29 is 19.1 Å². The topological polar surface area (TPSA) is 52.6 Å². The summed E-state index contributed by atoms with van der Waals surface area (Å²) >= 11 is 0. The van der Waals surface area contributed by atoms with Crippen molar-refractivity contribution in [2.24, 2.45) is 0 Å². The summed E-state index contributed by atoms with van der Waals surface area (Å²) < 4.78 is 10.4. The van der Waals surface area contributed by atoms with Gasteiger partial charge in [-0.3, -0.25) is 9.59 Å². The molecule has 4 heteroatoms. The average Bonchev–Trinajstić information content (AvgIpc) is 2.68. The summed E-state index contributed by atoms with van der Waals surface area (Å²) in [7, 11) is 0. The molecule has 1 aromatic carbocycles. The summed E-state index contributed by atoms with van der Waals surface area (Å²) in [6.07, 6.45) is 11.2. The Hall–Kier alpha value is -1.84. The first-order valence-corrected chi connectivity index (χ1v) is 10.6. The summed E-state index contributed by atoms with van der Waals surface area (Å²) in [5.41, 5.74) is 1.25. The number of aryl methyl sites for hydroxylation is 1. The minimum absolute atomic E-state index is 0.210. The van der Waals surface area contributed by atoms with Gasteiger partial charge in [0, 0.05) is 12.8 Å². The third-order valence-electron chi connectivity index (χ3n) is 4.49. The number of hydrogen-bond acceptors (Lipinski definition) is 4. The average molecular weight is 377 g/mol. The van der Waals surface area contributed by atoms with Crippen molar-refractivity contribution in [2.45, 2.75) is 84.0 Å². The van der Waals surface area contributed by atoms with Crippen LogP contribution in [0.25, 0.3) is 0 Å². The molecule has 0 amide bonds. The molecule has 27 heavy (non-hydrogen) atoms. The Labute approximate surface area is 164 Å². The standard InChI is InChI=1S/C23H36O4/c1-2-3-4-5-6-7-11-19-26-22(24)17-12-18-23(25)27-20-13-16-21-14-9-8-10-15-21/h8-10,14-15H,2-7,11-13,16-20H2,1H3. The van der Waals surface area contributed by atoms with E-state index in [-0.39, 0.29) is 24.8 Å². The molecular weight excluding hydrogens is 340 g/mol. The Morgan fingerprint density at radius 1 is 0.704 bits per heavy atom. The van der Waals surface area contributed by atoms with Crippen LogP contribution in [-0.4, -0.2) is 25.2 Å². The van der Waals surface area contributed by atoms with E-state index in [1.807, 2.05) is 18.2 Å². The highest BCUT2D eigenvalue weighted by molar-refractivity contribution is 5.72. The summed E-state index contributed by atoms with van der Waals surface area (Å²) in [6.45, 7) is 3.14. The molecule has 0 radical (unpaired) electrons. The van der Waals surface area contributed by atoms with Crippen LogP contribution in [0.5, 0.6) is 0 Å². The Morgan fingerprint density at radius 2 is 1.26 bits per heavy atom. The first-order valence-electron chi connectivity index (χ1n) is 10.6. The highest BCUT2D eigenvalue weighted by Gasteiger charge is 2.07. The van der Waals surface area contributed by atoms with E-state index in [9.17, 15) is 9.59 Å². The molecular formula is C23H36O4. The van der Waals surface area contributed by atoms with Gasteiger partial charge < -0.3 is 9.47 Å². The lowest BCUT2D eigenvalue weighted by molar-refractivity contribution is -0.145. The number of unbranched alkanes of at least 4 members (excludes halogenated alkanes) is 6. The lowest BCUT2D eigenvalue weighted by Crippen LogP contribution is -2.09. The highest BCUT2D eigenvalue weighted by atomic mass is 16.5. The normalized spacial score (nSPS) is 10.6. The van der Waals surface area contributed by atoms with Crippen LogP contribution in [0.2, 0.25) is 0 Å². The maximum Gasteiger partial charge on any atom is 0.305 e. The minimum atomic E-state index is -0.233. The third kappa shape index (κ3) is 14.0. The van der Waals surface area contributed by atoms with Gasteiger partial charge in [-0.1, -0.05) is 75.8 Å². The van der Waals surface area contributed by atoms with Crippen molar-refractivity contribution in [3.05, 3.63) is 35.9 Å². The fourth-order valence-corrected chi connectivity index (χ4v) is 2.87. The maximum absolute atomic E-state index is 11.7. The largest absolute Gasteiger partial charge is 0.466 e. The molecule has 152 valence electrons. The molecule has 0 heterocycles. The van der Waals surface area contributed by atoms with Gasteiger partial charge in [0.15, 0.2) is 0 Å². The Bertz CT molecular complexity index is 498. The molecule has 0 N–H and O–H groups in total. The van der Waals surface area contributed by atoms with E-state index in [1.54, 1.807) is 0 Å². The van der Waals surface area contributed by atoms with Crippen LogP contribution >= 0.6 is 0 Å². The van der Waals surface area contributed by atoms with E-state index >= 15 is 0 Å². The molecule has 0 atom stereocenters. The van der Waals surface area contributed by atoms with Crippen molar-refractivity contribution in [1.82, 2.24) is 0 Å². The predicted molar refractivity (Wildman–Crippen MR) is 109 cm³/mol. The summed E-state index contributed by atoms with van der Waals surface area (Å²) in [4.78, 5) is 23.3. The molecule has 0 unspecified atom stereocenters. The number of rotatable bonds is 16. The van der Waals surface area contributed by atoms with E-state index in [2.05, 4.69) is 19.1 Å². The fraction of sp³-hybridized carbons (Fsp3) is 0.652. The van der Waals surface area contributed by atoms with Gasteiger partial charge in [-0.15, -0.1) is 0 Å². The third-order valence-corrected chi connectivity index (χ3v) is 4.49. The summed E-state index contributed by atoms with van der Waals surface area (Å²) in [5.74, 6) is -0.444. The number of carbonyl (C=O) groups excluding carboxylic acids is 2. The van der Waals surface area contributed by atoms with Crippen molar-refractivity contribution >= 4 is 11.9 Å². The van der Waals surface area contributed by atoms with Gasteiger partial charge in [-0.25, -0.2) is 0 Å². The van der Waals surface area contributed by atoms with Crippen molar-refractivity contribution in [2.75, 3.05) is 13.2 Å². The quantitative estimate of drug-likeness (QED) is 0.277. The molecule has 0 aliphatic heterocycles. The van der Waals surface area contributed by atoms with Crippen molar-refractivity contribution in [3.63, 3.8) is 0 Å². The van der Waals surface area contributed by atoms with Gasteiger partial charge >= 0.3 is 11.9 Å². The first kappa shape index (κ1) is 23.2. The van der Waals surface area contributed by atoms with Gasteiger partial charge in [0.05, 0.1) is 13.2 Å². The van der Waals surface area contributed by atoms with Crippen LogP contribution in [0.3, 0.4) is 0 Å². The maximum atomic E-state index is 11.7. The Morgan fingerprint density at radius 3 is 1.89 bits per heavy atom. The molecule has 0 saturated carbocycles. The molecule has 0 aliphatic rings. The number of benzene rings is 1. The van der Waals surface area contributed by atoms with E-state index in [0.717, 1.165) is 25.7 Å². The van der Waals surface area contributed by atoms with E-state index in [4.69, 9.17) is 9.47 Å². The van der Waals surface area contributed by atoms with Crippen LogP contribution < -0.4 is 0 Å². The second kappa shape index (κ2) is 16.3. The number of esters is 2. The zero-order valence-corrected chi connectivity index (χ0v) is 16.9. The molecule has 4 nitrogen and oxygen atoms in total. The fourth-order valence-electron chi connectivity index (χ4n) is 2.87. The van der Waals surface area contributed by atoms with Crippen LogP contribution in [0, 0.1) is 0 Å². The molecule has 0 saturated heterocycles. The van der Waals surface area contributed by atoms with Gasteiger partial charge in [-0.05, 0) is 31.2 Å². The molecule has 1 aromatic rings. The SMILES string of the molecule is CCCCCCCCCOC(=O)CCCC(=O)OCCCc1ccccc1. The molecule has 0 bridgehead atoms. The van der Waals surface area contributed by atoms with Gasteiger partial charge in [0.1, 0.15) is 0 Å². The van der Waals surface area contributed by atoms with E-state index in [0.29, 0.717) is 19.6 Å². The van der Waals surface area contributed by atoms with Crippen LogP contribution in [0.1, 0.15) is 83.1 Å². The van der Waals surface area contributed by atoms with Gasteiger partial charge in [0.25, 0.3) is 0 Å². The smallest absolute Gasteiger partial charge is 0.305 e. The lowest BCUT2D eigenvalue weighted by Gasteiger charge is -2.06. The molecule has 0 aliphatic carbocycles. The Kier molecular flexibility index (Phi) is 14.0. The minimum Gasteiger partial charge on any atom is -0.466 e. The number of carbonyl (C=O) groups is 2. The number of ether oxygens (including phenoxy) is 2. The van der Waals surface area contributed by atoms with Crippen molar-refractivity contribution in [1.29, 1.82) is 0 Å². The molecule has 0 spiro atoms. The molecule has 1 rings (SSSR count). The number of hydrogen-bond donors (Lipinski definition) is 0. The second-order valence-corrected chi connectivity index (χ2v) is 7.00. The van der Waals surface area contributed by atoms with Crippen molar-refractivity contribution in [3.8, 4) is 0 Å². The predicted octanol–water partition coefficient (Wildman–Crippen LogP) is 5.63. The molecule has 0 fully saturated rings. The summed E-state index contributed by atoms with van der Waals surface area (Å²) in [6, 6.07) is 10.1. The van der Waals surface area contributed by atoms with Gasteiger partial charge in [-0.2, -0.15) is 0 Å². The van der Waals surface area contributed by atoms with Crippen LogP contribution in [-0.2, 0) is 25.5 Å². The first-order chi connectivity index (χ1) is 13.2. The second-order valence-electron chi connectivity index (χ2n) is 7.00. The van der Waals surface area contributed by atoms with Gasteiger partial charge in [0.2, 0.25) is 0 Å². The molecule has 0 aromatic heterocycles. The van der Waals surface area contributed by atoms with Crippen LogP contribution in [0.4, 0.5) is 0 Å². The monoisotopic (exact) mass is 376 g/mol. The van der Waals surface area contributed by atoms with E-state index < -0.39 is 0 Å². The summed E-state index contributed by atoms with van der Waals surface area (Å²) in [5, 5.41) is 0. The highest BCUT2D eigenvalue weighted by Crippen LogP contribution is 2.08. The zero-order valence-electron chi connectivity index (χ0n) is 16.9.